The average Bonchev–Trinajstić information content (AvgIpc) is 2.18. The van der Waals surface area contributed by atoms with Gasteiger partial charge in [0.25, 0.3) is 0 Å². The zero-order chi connectivity index (χ0) is 9.19. The van der Waals surface area contributed by atoms with Crippen LogP contribution in [0.5, 0.6) is 0 Å². The quantitative estimate of drug-likeness (QED) is 0.480. The van der Waals surface area contributed by atoms with Gasteiger partial charge < -0.3 is 0 Å². The van der Waals surface area contributed by atoms with E-state index in [1.165, 1.54) is 51.4 Å². The number of rotatable bonds is 0. The molecular formula is C13H21. The maximum absolute atomic E-state index is 2.35. The Hall–Kier alpha value is -0.520. The van der Waals surface area contributed by atoms with Crippen LogP contribution in [-0.4, -0.2) is 0 Å². The van der Waals surface area contributed by atoms with E-state index in [4.69, 9.17) is 0 Å². The van der Waals surface area contributed by atoms with E-state index in [0.717, 1.165) is 0 Å². The number of hydrogen-bond donors (Lipinski definition) is 0. The average molecular weight is 177 g/mol. The molecule has 0 bridgehead atoms. The van der Waals surface area contributed by atoms with Crippen molar-refractivity contribution < 1.29 is 0 Å². The fraction of sp³-hybridized carbons (Fsp3) is 0.615. The molecule has 0 aliphatic heterocycles. The molecule has 1 rings (SSSR count). The second-order valence-electron chi connectivity index (χ2n) is 3.70. The molecule has 0 saturated carbocycles. The monoisotopic (exact) mass is 177 g/mol. The first-order chi connectivity index (χ1) is 6.50. The maximum atomic E-state index is 2.35. The molecule has 13 heavy (non-hydrogen) atoms. The molecule has 0 fully saturated rings. The SMILES string of the molecule is [CH]1/C=C/CCCCC/C=C\CCC1. The lowest BCUT2D eigenvalue weighted by Gasteiger charge is -1.94. The Labute approximate surface area is 82.7 Å². The molecule has 0 amide bonds. The molecule has 0 heteroatoms. The van der Waals surface area contributed by atoms with Gasteiger partial charge in [-0.3, -0.25) is 0 Å². The highest BCUT2D eigenvalue weighted by molar-refractivity contribution is 4.95. The molecule has 0 heterocycles. The second-order valence-corrected chi connectivity index (χ2v) is 3.70. The summed E-state index contributed by atoms with van der Waals surface area (Å²) < 4.78 is 0. The summed E-state index contributed by atoms with van der Waals surface area (Å²) in [6.07, 6.45) is 22.0. The first-order valence-electron chi connectivity index (χ1n) is 5.63. The standard InChI is InChI=1S/C13H21/c1-2-4-6-8-10-12-13-11-9-7-5-3-1/h1-3,10,12H,4-9,11,13H2/b3-1+,12-10-. The molecule has 1 aliphatic carbocycles. The lowest BCUT2D eigenvalue weighted by molar-refractivity contribution is 0.695. The van der Waals surface area contributed by atoms with Crippen LogP contribution < -0.4 is 0 Å². The van der Waals surface area contributed by atoms with Crippen LogP contribution in [0.25, 0.3) is 0 Å². The smallest absolute Gasteiger partial charge is 0.0170 e. The van der Waals surface area contributed by atoms with Crippen molar-refractivity contribution in [2.24, 2.45) is 0 Å². The van der Waals surface area contributed by atoms with E-state index in [9.17, 15) is 0 Å². The fourth-order valence-corrected chi connectivity index (χ4v) is 1.58. The summed E-state index contributed by atoms with van der Waals surface area (Å²) in [6.45, 7) is 0. The Kier molecular flexibility index (Phi) is 6.58. The largest absolute Gasteiger partial charge is 0.0885 e. The molecule has 0 unspecified atom stereocenters. The molecule has 0 aromatic carbocycles. The molecule has 0 atom stereocenters. The highest BCUT2D eigenvalue weighted by Crippen LogP contribution is 2.08. The first-order valence-corrected chi connectivity index (χ1v) is 5.63. The van der Waals surface area contributed by atoms with Crippen LogP contribution in [0.2, 0.25) is 0 Å². The topological polar surface area (TPSA) is 0 Å². The van der Waals surface area contributed by atoms with Crippen LogP contribution in [0.3, 0.4) is 0 Å². The third-order valence-electron chi connectivity index (χ3n) is 2.42. The summed E-state index contributed by atoms with van der Waals surface area (Å²) in [4.78, 5) is 0. The van der Waals surface area contributed by atoms with E-state index in [1.54, 1.807) is 0 Å². The van der Waals surface area contributed by atoms with Gasteiger partial charge in [0, 0.05) is 0 Å². The van der Waals surface area contributed by atoms with E-state index >= 15 is 0 Å². The Bertz CT molecular complexity index is 135. The minimum atomic E-state index is 1.24. The molecule has 0 aromatic rings. The van der Waals surface area contributed by atoms with Crippen LogP contribution in [-0.2, 0) is 0 Å². The van der Waals surface area contributed by atoms with Gasteiger partial charge in [0.2, 0.25) is 0 Å². The van der Waals surface area contributed by atoms with Crippen molar-refractivity contribution in [3.63, 3.8) is 0 Å². The van der Waals surface area contributed by atoms with Crippen molar-refractivity contribution in [2.45, 2.75) is 51.4 Å². The van der Waals surface area contributed by atoms with Gasteiger partial charge in [0.05, 0.1) is 0 Å². The molecule has 73 valence electrons. The zero-order valence-electron chi connectivity index (χ0n) is 8.54. The Morgan fingerprint density at radius 3 is 2.08 bits per heavy atom. The molecule has 1 aliphatic rings. The van der Waals surface area contributed by atoms with Crippen molar-refractivity contribution in [1.82, 2.24) is 0 Å². The van der Waals surface area contributed by atoms with Crippen molar-refractivity contribution >= 4 is 0 Å². The second kappa shape index (κ2) is 8.10. The highest BCUT2D eigenvalue weighted by Gasteiger charge is 1.88. The molecule has 1 radical (unpaired) electrons. The normalized spacial score (nSPS) is 26.5. The molecule has 0 saturated heterocycles. The van der Waals surface area contributed by atoms with Gasteiger partial charge in [-0.15, -0.1) is 0 Å². The van der Waals surface area contributed by atoms with Crippen molar-refractivity contribution in [2.75, 3.05) is 0 Å². The van der Waals surface area contributed by atoms with E-state index < -0.39 is 0 Å². The van der Waals surface area contributed by atoms with Crippen LogP contribution >= 0.6 is 0 Å². The lowest BCUT2D eigenvalue weighted by Crippen LogP contribution is -1.74. The molecule has 0 aromatic heterocycles. The van der Waals surface area contributed by atoms with E-state index in [1.807, 2.05) is 0 Å². The summed E-state index contributed by atoms with van der Waals surface area (Å²) in [6, 6.07) is 0. The van der Waals surface area contributed by atoms with Crippen LogP contribution in [0.15, 0.2) is 24.3 Å². The van der Waals surface area contributed by atoms with Gasteiger partial charge in [-0.2, -0.15) is 0 Å². The molecule has 0 nitrogen and oxygen atoms in total. The molecule has 0 spiro atoms. The van der Waals surface area contributed by atoms with Crippen LogP contribution in [0.4, 0.5) is 0 Å². The highest BCUT2D eigenvalue weighted by atomic mass is 13.9. The zero-order valence-corrected chi connectivity index (χ0v) is 8.54. The molecular weight excluding hydrogens is 156 g/mol. The van der Waals surface area contributed by atoms with Gasteiger partial charge in [0.15, 0.2) is 0 Å². The lowest BCUT2D eigenvalue weighted by atomic mass is 10.1. The predicted molar refractivity (Wildman–Crippen MR) is 59.5 cm³/mol. The van der Waals surface area contributed by atoms with Crippen molar-refractivity contribution in [1.29, 1.82) is 0 Å². The fourth-order valence-electron chi connectivity index (χ4n) is 1.58. The summed E-state index contributed by atoms with van der Waals surface area (Å²) >= 11 is 0. The third kappa shape index (κ3) is 6.62. The maximum Gasteiger partial charge on any atom is -0.0170 e. The van der Waals surface area contributed by atoms with Crippen LogP contribution in [0.1, 0.15) is 51.4 Å². The minimum Gasteiger partial charge on any atom is -0.0885 e. The van der Waals surface area contributed by atoms with Crippen molar-refractivity contribution in [3.8, 4) is 0 Å². The van der Waals surface area contributed by atoms with Gasteiger partial charge in [-0.1, -0.05) is 30.7 Å². The van der Waals surface area contributed by atoms with E-state index in [2.05, 4.69) is 30.7 Å². The van der Waals surface area contributed by atoms with E-state index in [0.29, 0.717) is 0 Å². The summed E-state index contributed by atoms with van der Waals surface area (Å²) in [7, 11) is 0. The third-order valence-corrected chi connectivity index (χ3v) is 2.42. The summed E-state index contributed by atoms with van der Waals surface area (Å²) in [5.74, 6) is 0. The van der Waals surface area contributed by atoms with E-state index in [-0.39, 0.29) is 0 Å². The minimum absolute atomic E-state index is 1.24. The number of hydrogen-bond acceptors (Lipinski definition) is 0. The van der Waals surface area contributed by atoms with Gasteiger partial charge in [0.1, 0.15) is 0 Å². The Balaban J connectivity index is 2.18. The number of allylic oxidation sites excluding steroid dienone is 4. The summed E-state index contributed by atoms with van der Waals surface area (Å²) in [5.41, 5.74) is 0. The predicted octanol–water partition coefficient (Wildman–Crippen LogP) is 4.44. The Morgan fingerprint density at radius 2 is 1.23 bits per heavy atom. The Morgan fingerprint density at radius 1 is 0.538 bits per heavy atom. The van der Waals surface area contributed by atoms with Crippen molar-refractivity contribution in [3.05, 3.63) is 30.7 Å². The van der Waals surface area contributed by atoms with Gasteiger partial charge in [-0.05, 0) is 51.4 Å². The van der Waals surface area contributed by atoms with Gasteiger partial charge in [-0.25, -0.2) is 0 Å². The summed E-state index contributed by atoms with van der Waals surface area (Å²) in [5, 5.41) is 0. The van der Waals surface area contributed by atoms with Gasteiger partial charge >= 0.3 is 0 Å². The first kappa shape index (κ1) is 10.6. The van der Waals surface area contributed by atoms with Crippen LogP contribution in [0, 0.1) is 6.42 Å². The molecule has 0 N–H and O–H groups in total.